The van der Waals surface area contributed by atoms with Crippen LogP contribution >= 0.6 is 0 Å². The number of phenolic OH excluding ortho intramolecular Hbond substituents is 1. The third kappa shape index (κ3) is 3.31. The Labute approximate surface area is 187 Å². The summed E-state index contributed by atoms with van der Waals surface area (Å²) in [4.78, 5) is 11.0. The molecule has 2 N–H and O–H groups in total. The lowest BCUT2D eigenvalue weighted by atomic mass is 9.48. The van der Waals surface area contributed by atoms with Crippen molar-refractivity contribution in [2.45, 2.75) is 50.4 Å². The second-order valence-electron chi connectivity index (χ2n) is 10.3. The van der Waals surface area contributed by atoms with Crippen molar-refractivity contribution in [3.8, 4) is 17.0 Å². The van der Waals surface area contributed by atoms with Gasteiger partial charge in [0.15, 0.2) is 0 Å². The van der Waals surface area contributed by atoms with E-state index >= 15 is 0 Å². The maximum Gasteiger partial charge on any atom is 0.335 e. The second kappa shape index (κ2) is 7.22. The largest absolute Gasteiger partial charge is 0.508 e. The molecular weight excluding hydrogens is 402 g/mol. The molecule has 4 bridgehead atoms. The smallest absolute Gasteiger partial charge is 0.335 e. The molecule has 4 saturated carbocycles. The lowest BCUT2D eigenvalue weighted by Crippen LogP contribution is -2.48. The molecule has 4 aliphatic rings. The number of hydrogen-bond acceptors (Lipinski definition) is 4. The van der Waals surface area contributed by atoms with Gasteiger partial charge in [-0.15, -0.1) is 0 Å². The van der Waals surface area contributed by atoms with Gasteiger partial charge in [0.2, 0.25) is 0 Å². The predicted octanol–water partition coefficient (Wildman–Crippen LogP) is 5.80. The van der Waals surface area contributed by atoms with Gasteiger partial charge in [-0.1, -0.05) is 17.3 Å². The summed E-state index contributed by atoms with van der Waals surface area (Å²) in [6.07, 6.45) is 8.28. The predicted molar refractivity (Wildman–Crippen MR) is 120 cm³/mol. The Morgan fingerprint density at radius 2 is 1.62 bits per heavy atom. The molecule has 1 heterocycles. The maximum absolute atomic E-state index is 11.0. The molecule has 4 fully saturated rings. The molecule has 2 aromatic carbocycles. The topological polar surface area (TPSA) is 83.6 Å². The van der Waals surface area contributed by atoms with E-state index in [9.17, 15) is 9.90 Å². The summed E-state index contributed by atoms with van der Waals surface area (Å²) >= 11 is 0. The number of hydrogen-bond donors (Lipinski definition) is 2. The molecule has 0 spiro atoms. The number of aromatic hydroxyl groups is 1. The number of carboxylic acid groups (broad SMARTS) is 1. The number of carboxylic acids is 1. The lowest BCUT2D eigenvalue weighted by molar-refractivity contribution is -0.00611. The molecule has 5 nitrogen and oxygen atoms in total. The Balaban J connectivity index is 1.27. The molecule has 0 atom stereocenters. The summed E-state index contributed by atoms with van der Waals surface area (Å²) in [5, 5.41) is 24.2. The fourth-order valence-corrected chi connectivity index (χ4v) is 7.06. The number of benzene rings is 2. The molecule has 164 valence electrons. The van der Waals surface area contributed by atoms with E-state index in [-0.39, 0.29) is 11.0 Å². The first-order valence-corrected chi connectivity index (χ1v) is 11.6. The normalized spacial score (nSPS) is 28.2. The Morgan fingerprint density at radius 3 is 2.25 bits per heavy atom. The standard InChI is InChI=1S/C27H27NO4/c29-25-6-5-21(11-23(25)27-13-17-7-18(14-27)9-19(8-17)15-27)24-12-22(32-28-24)10-16-1-3-20(4-2-16)26(30)31/h1-6,11-12,17-19,29H,7-10,13-15H2,(H,30,31). The van der Waals surface area contributed by atoms with Gasteiger partial charge in [0, 0.05) is 23.6 Å². The second-order valence-corrected chi connectivity index (χ2v) is 10.3. The van der Waals surface area contributed by atoms with Gasteiger partial charge < -0.3 is 14.7 Å². The molecule has 0 unspecified atom stereocenters. The van der Waals surface area contributed by atoms with Crippen LogP contribution < -0.4 is 0 Å². The van der Waals surface area contributed by atoms with Crippen LogP contribution in [0.3, 0.4) is 0 Å². The molecule has 0 aliphatic heterocycles. The van der Waals surface area contributed by atoms with E-state index in [0.29, 0.717) is 12.2 Å². The quantitative estimate of drug-likeness (QED) is 0.535. The summed E-state index contributed by atoms with van der Waals surface area (Å²) in [7, 11) is 0. The van der Waals surface area contributed by atoms with Crippen LogP contribution in [-0.4, -0.2) is 21.3 Å². The van der Waals surface area contributed by atoms with Gasteiger partial charge in [0.05, 0.1) is 5.56 Å². The summed E-state index contributed by atoms with van der Waals surface area (Å²) in [5.74, 6) is 2.66. The highest BCUT2D eigenvalue weighted by Gasteiger charge is 2.52. The van der Waals surface area contributed by atoms with Crippen LogP contribution in [0.25, 0.3) is 11.3 Å². The average Bonchev–Trinajstić information content (AvgIpc) is 3.22. The zero-order valence-corrected chi connectivity index (χ0v) is 18.0. The molecule has 7 rings (SSSR count). The molecule has 0 radical (unpaired) electrons. The van der Waals surface area contributed by atoms with Crippen LogP contribution in [0.15, 0.2) is 53.1 Å². The Morgan fingerprint density at radius 1 is 0.969 bits per heavy atom. The molecule has 32 heavy (non-hydrogen) atoms. The van der Waals surface area contributed by atoms with Crippen molar-refractivity contribution in [1.82, 2.24) is 5.16 Å². The molecule has 0 amide bonds. The zero-order valence-electron chi connectivity index (χ0n) is 18.0. The first-order valence-electron chi connectivity index (χ1n) is 11.6. The fraction of sp³-hybridized carbons (Fsp3) is 0.407. The van der Waals surface area contributed by atoms with Crippen LogP contribution in [-0.2, 0) is 11.8 Å². The van der Waals surface area contributed by atoms with E-state index < -0.39 is 5.97 Å². The van der Waals surface area contributed by atoms with Crippen LogP contribution in [0.1, 0.15) is 65.8 Å². The maximum atomic E-state index is 11.0. The minimum atomic E-state index is -0.930. The van der Waals surface area contributed by atoms with Crippen molar-refractivity contribution in [2.24, 2.45) is 17.8 Å². The van der Waals surface area contributed by atoms with Crippen molar-refractivity contribution in [3.05, 3.63) is 71.0 Å². The number of phenols is 1. The van der Waals surface area contributed by atoms with Gasteiger partial charge in [-0.2, -0.15) is 0 Å². The van der Waals surface area contributed by atoms with E-state index in [1.807, 2.05) is 18.2 Å². The minimum Gasteiger partial charge on any atom is -0.508 e. The Bertz CT molecular complexity index is 1140. The third-order valence-electron chi connectivity index (χ3n) is 8.04. The van der Waals surface area contributed by atoms with E-state index in [4.69, 9.17) is 9.63 Å². The highest BCUT2D eigenvalue weighted by Crippen LogP contribution is 2.62. The number of aromatic nitrogens is 1. The van der Waals surface area contributed by atoms with Gasteiger partial charge in [-0.3, -0.25) is 0 Å². The monoisotopic (exact) mass is 429 g/mol. The Hall–Kier alpha value is -3.08. The summed E-state index contributed by atoms with van der Waals surface area (Å²) < 4.78 is 5.59. The lowest BCUT2D eigenvalue weighted by Gasteiger charge is -2.57. The van der Waals surface area contributed by atoms with Crippen LogP contribution in [0.5, 0.6) is 5.75 Å². The Kier molecular flexibility index (Phi) is 4.42. The SMILES string of the molecule is O=C(O)c1ccc(Cc2cc(-c3ccc(O)c(C45CC6CC(CC(C6)C4)C5)c3)no2)cc1. The molecule has 0 saturated heterocycles. The van der Waals surface area contributed by atoms with E-state index in [1.165, 1.54) is 38.5 Å². The van der Waals surface area contributed by atoms with Crippen LogP contribution in [0, 0.1) is 17.8 Å². The highest BCUT2D eigenvalue weighted by atomic mass is 16.5. The number of carbonyl (C=O) groups is 1. The van der Waals surface area contributed by atoms with Gasteiger partial charge in [0.1, 0.15) is 17.2 Å². The summed E-state index contributed by atoms with van der Waals surface area (Å²) in [5.41, 5.74) is 4.21. The molecule has 4 aliphatic carbocycles. The average molecular weight is 430 g/mol. The van der Waals surface area contributed by atoms with Gasteiger partial charge in [0.25, 0.3) is 0 Å². The van der Waals surface area contributed by atoms with Crippen LogP contribution in [0.2, 0.25) is 0 Å². The zero-order chi connectivity index (χ0) is 21.9. The van der Waals surface area contributed by atoms with Crippen molar-refractivity contribution >= 4 is 5.97 Å². The third-order valence-corrected chi connectivity index (χ3v) is 8.04. The number of nitrogens with zero attached hydrogens (tertiary/aromatic N) is 1. The first-order chi connectivity index (χ1) is 15.5. The molecule has 5 heteroatoms. The number of aromatic carboxylic acids is 1. The molecule has 3 aromatic rings. The summed E-state index contributed by atoms with van der Waals surface area (Å²) in [6.45, 7) is 0. The molecular formula is C27H27NO4. The van der Waals surface area contributed by atoms with E-state index in [2.05, 4.69) is 11.2 Å². The van der Waals surface area contributed by atoms with Gasteiger partial charge >= 0.3 is 5.97 Å². The van der Waals surface area contributed by atoms with Crippen molar-refractivity contribution in [3.63, 3.8) is 0 Å². The van der Waals surface area contributed by atoms with Crippen molar-refractivity contribution in [1.29, 1.82) is 0 Å². The van der Waals surface area contributed by atoms with Gasteiger partial charge in [-0.05, 0) is 97.6 Å². The fourth-order valence-electron chi connectivity index (χ4n) is 7.06. The van der Waals surface area contributed by atoms with Crippen molar-refractivity contribution in [2.75, 3.05) is 0 Å². The highest BCUT2D eigenvalue weighted by molar-refractivity contribution is 5.87. The minimum absolute atomic E-state index is 0.118. The summed E-state index contributed by atoms with van der Waals surface area (Å²) in [6, 6.07) is 14.6. The molecule has 1 aromatic heterocycles. The van der Waals surface area contributed by atoms with E-state index in [0.717, 1.165) is 45.9 Å². The van der Waals surface area contributed by atoms with Crippen molar-refractivity contribution < 1.29 is 19.5 Å². The first kappa shape index (κ1) is 19.6. The number of rotatable bonds is 5. The van der Waals surface area contributed by atoms with E-state index in [1.54, 1.807) is 24.3 Å². The van der Waals surface area contributed by atoms with Gasteiger partial charge in [-0.25, -0.2) is 4.79 Å². The van der Waals surface area contributed by atoms with Crippen LogP contribution in [0.4, 0.5) is 0 Å².